The van der Waals surface area contributed by atoms with Crippen LogP contribution >= 0.6 is 27.7 Å². The summed E-state index contributed by atoms with van der Waals surface area (Å²) in [6.45, 7) is 1.98. The molecule has 1 aliphatic rings. The van der Waals surface area contributed by atoms with E-state index in [1.165, 1.54) is 24.8 Å². The molecule has 0 bridgehead atoms. The summed E-state index contributed by atoms with van der Waals surface area (Å²) in [7, 11) is 1.71. The number of hydrogen-bond acceptors (Lipinski definition) is 3. The molecule has 1 saturated carbocycles. The van der Waals surface area contributed by atoms with Crippen LogP contribution in [0.4, 0.5) is 0 Å². The molecule has 4 heteroatoms. The Hall–Kier alpha value is -0.190. The Balaban J connectivity index is 1.89. The molecule has 0 unspecified atom stereocenters. The fourth-order valence-corrected chi connectivity index (χ4v) is 3.59. The second-order valence-electron chi connectivity index (χ2n) is 4.80. The third kappa shape index (κ3) is 3.22. The van der Waals surface area contributed by atoms with E-state index >= 15 is 0 Å². The Morgan fingerprint density at radius 1 is 1.44 bits per heavy atom. The molecule has 1 aliphatic carbocycles. The van der Waals surface area contributed by atoms with Gasteiger partial charge in [0, 0.05) is 22.3 Å². The molecular weight excluding hydrogens is 310 g/mol. The molecule has 1 N–H and O–H groups in total. The number of thioether (sulfide) groups is 1. The van der Waals surface area contributed by atoms with Crippen molar-refractivity contribution in [3.63, 3.8) is 0 Å². The van der Waals surface area contributed by atoms with Crippen LogP contribution in [0, 0.1) is 0 Å². The molecule has 1 fully saturated rings. The summed E-state index contributed by atoms with van der Waals surface area (Å²) >= 11 is 5.59. The minimum Gasteiger partial charge on any atom is -0.497 e. The van der Waals surface area contributed by atoms with E-state index in [-0.39, 0.29) is 0 Å². The number of methoxy groups -OCH3 is 1. The standard InChI is InChI=1S/C14H20BrNOS/c1-17-12-4-5-13(15)11(8-12)9-16-10-14(18-2)6-3-7-14/h4-5,8,16H,3,6-7,9-10H2,1-2H3. The predicted molar refractivity (Wildman–Crippen MR) is 82.5 cm³/mol. The second-order valence-corrected chi connectivity index (χ2v) is 6.93. The predicted octanol–water partition coefficient (Wildman–Crippen LogP) is 3.83. The first-order valence-electron chi connectivity index (χ1n) is 6.27. The van der Waals surface area contributed by atoms with E-state index in [1.54, 1.807) is 7.11 Å². The van der Waals surface area contributed by atoms with E-state index in [2.05, 4.69) is 33.6 Å². The molecule has 0 amide bonds. The molecule has 0 atom stereocenters. The lowest BCUT2D eigenvalue weighted by Crippen LogP contribution is -2.43. The molecular formula is C14H20BrNOS. The lowest BCUT2D eigenvalue weighted by Gasteiger charge is -2.40. The van der Waals surface area contributed by atoms with Gasteiger partial charge in [0.25, 0.3) is 0 Å². The number of halogens is 1. The van der Waals surface area contributed by atoms with Crippen molar-refractivity contribution in [2.45, 2.75) is 30.6 Å². The largest absolute Gasteiger partial charge is 0.497 e. The lowest BCUT2D eigenvalue weighted by molar-refractivity contribution is 0.345. The normalized spacial score (nSPS) is 17.3. The summed E-state index contributed by atoms with van der Waals surface area (Å²) in [5.41, 5.74) is 1.25. The summed E-state index contributed by atoms with van der Waals surface area (Å²) < 4.78 is 6.89. The van der Waals surface area contributed by atoms with Crippen molar-refractivity contribution in [1.29, 1.82) is 0 Å². The van der Waals surface area contributed by atoms with Gasteiger partial charge >= 0.3 is 0 Å². The maximum Gasteiger partial charge on any atom is 0.119 e. The minimum absolute atomic E-state index is 0.491. The monoisotopic (exact) mass is 329 g/mol. The molecule has 1 aromatic rings. The Morgan fingerprint density at radius 2 is 2.22 bits per heavy atom. The summed E-state index contributed by atoms with van der Waals surface area (Å²) in [4.78, 5) is 0. The minimum atomic E-state index is 0.491. The van der Waals surface area contributed by atoms with Crippen molar-refractivity contribution in [1.82, 2.24) is 5.32 Å². The van der Waals surface area contributed by atoms with Gasteiger partial charge in [-0.1, -0.05) is 22.4 Å². The fourth-order valence-electron chi connectivity index (χ4n) is 2.26. The van der Waals surface area contributed by atoms with Gasteiger partial charge in [-0.2, -0.15) is 11.8 Å². The highest BCUT2D eigenvalue weighted by Crippen LogP contribution is 2.42. The van der Waals surface area contributed by atoms with E-state index in [4.69, 9.17) is 4.74 Å². The number of benzene rings is 1. The smallest absolute Gasteiger partial charge is 0.119 e. The van der Waals surface area contributed by atoms with Crippen LogP contribution in [-0.4, -0.2) is 24.7 Å². The van der Waals surface area contributed by atoms with Crippen molar-refractivity contribution >= 4 is 27.7 Å². The molecule has 0 heterocycles. The number of hydrogen-bond donors (Lipinski definition) is 1. The quantitative estimate of drug-likeness (QED) is 0.856. The maximum absolute atomic E-state index is 5.26. The zero-order valence-corrected chi connectivity index (χ0v) is 13.4. The van der Waals surface area contributed by atoms with Gasteiger partial charge in [-0.25, -0.2) is 0 Å². The van der Waals surface area contributed by atoms with Gasteiger partial charge in [0.1, 0.15) is 5.75 Å². The maximum atomic E-state index is 5.26. The zero-order valence-electron chi connectivity index (χ0n) is 11.0. The van der Waals surface area contributed by atoms with Crippen molar-refractivity contribution in [2.24, 2.45) is 0 Å². The SMILES string of the molecule is COc1ccc(Br)c(CNCC2(SC)CCC2)c1. The average molecular weight is 330 g/mol. The fraction of sp³-hybridized carbons (Fsp3) is 0.571. The van der Waals surface area contributed by atoms with Crippen molar-refractivity contribution in [2.75, 3.05) is 19.9 Å². The summed E-state index contributed by atoms with van der Waals surface area (Å²) in [6, 6.07) is 6.11. The van der Waals surface area contributed by atoms with Gasteiger partial charge in [-0.05, 0) is 42.9 Å². The Morgan fingerprint density at radius 3 is 2.78 bits per heavy atom. The molecule has 0 aliphatic heterocycles. The lowest BCUT2D eigenvalue weighted by atomic mass is 9.84. The van der Waals surface area contributed by atoms with Crippen LogP contribution in [0.15, 0.2) is 22.7 Å². The topological polar surface area (TPSA) is 21.3 Å². The van der Waals surface area contributed by atoms with Gasteiger partial charge in [0.2, 0.25) is 0 Å². The first-order chi connectivity index (χ1) is 8.69. The summed E-state index contributed by atoms with van der Waals surface area (Å²) in [6.07, 6.45) is 6.30. The molecule has 0 spiro atoms. The first-order valence-corrected chi connectivity index (χ1v) is 8.29. The molecule has 1 aromatic carbocycles. The van der Waals surface area contributed by atoms with Crippen molar-refractivity contribution in [3.05, 3.63) is 28.2 Å². The van der Waals surface area contributed by atoms with Gasteiger partial charge in [-0.3, -0.25) is 0 Å². The van der Waals surface area contributed by atoms with Crippen molar-refractivity contribution < 1.29 is 4.74 Å². The summed E-state index contributed by atoms with van der Waals surface area (Å²) in [5.74, 6) is 0.915. The van der Waals surface area contributed by atoms with Gasteiger partial charge < -0.3 is 10.1 Å². The van der Waals surface area contributed by atoms with E-state index in [0.717, 1.165) is 23.3 Å². The Bertz CT molecular complexity index is 401. The average Bonchev–Trinajstić information content (AvgIpc) is 2.35. The number of ether oxygens (including phenoxy) is 1. The van der Waals surface area contributed by atoms with Crippen LogP contribution in [0.1, 0.15) is 24.8 Å². The third-order valence-electron chi connectivity index (χ3n) is 3.71. The van der Waals surface area contributed by atoms with Crippen LogP contribution in [0.3, 0.4) is 0 Å². The van der Waals surface area contributed by atoms with Gasteiger partial charge in [0.05, 0.1) is 7.11 Å². The molecule has 0 saturated heterocycles. The van der Waals surface area contributed by atoms with Crippen LogP contribution < -0.4 is 10.1 Å². The molecule has 2 rings (SSSR count). The van der Waals surface area contributed by atoms with Crippen molar-refractivity contribution in [3.8, 4) is 5.75 Å². The Labute approximate surface area is 122 Å². The molecule has 18 heavy (non-hydrogen) atoms. The number of rotatable bonds is 6. The third-order valence-corrected chi connectivity index (χ3v) is 5.91. The van der Waals surface area contributed by atoms with E-state index in [1.807, 2.05) is 23.9 Å². The van der Waals surface area contributed by atoms with Gasteiger partial charge in [-0.15, -0.1) is 0 Å². The Kier molecular flexibility index (Phi) is 4.98. The molecule has 100 valence electrons. The van der Waals surface area contributed by atoms with Crippen LogP contribution in [-0.2, 0) is 6.54 Å². The van der Waals surface area contributed by atoms with E-state index in [9.17, 15) is 0 Å². The van der Waals surface area contributed by atoms with Crippen LogP contribution in [0.25, 0.3) is 0 Å². The zero-order chi connectivity index (χ0) is 13.0. The van der Waals surface area contributed by atoms with E-state index < -0.39 is 0 Å². The highest BCUT2D eigenvalue weighted by molar-refractivity contribution is 9.10. The second kappa shape index (κ2) is 6.31. The number of nitrogens with one attached hydrogen (secondary N) is 1. The molecule has 0 aromatic heterocycles. The summed E-state index contributed by atoms with van der Waals surface area (Å²) in [5, 5.41) is 3.58. The van der Waals surface area contributed by atoms with Gasteiger partial charge in [0.15, 0.2) is 0 Å². The van der Waals surface area contributed by atoms with E-state index in [0.29, 0.717) is 4.75 Å². The highest BCUT2D eigenvalue weighted by Gasteiger charge is 2.35. The highest BCUT2D eigenvalue weighted by atomic mass is 79.9. The molecule has 2 nitrogen and oxygen atoms in total. The molecule has 0 radical (unpaired) electrons. The van der Waals surface area contributed by atoms with Crippen LogP contribution in [0.5, 0.6) is 5.75 Å². The first kappa shape index (κ1) is 14.2. The van der Waals surface area contributed by atoms with Crippen LogP contribution in [0.2, 0.25) is 0 Å².